The summed E-state index contributed by atoms with van der Waals surface area (Å²) < 4.78 is 11.5. The first-order valence-electron chi connectivity index (χ1n) is 10.9. The summed E-state index contributed by atoms with van der Waals surface area (Å²) in [4.78, 5) is 36.4. The molecule has 0 saturated heterocycles. The van der Waals surface area contributed by atoms with E-state index >= 15 is 0 Å². The molecule has 9 heteroatoms. The van der Waals surface area contributed by atoms with E-state index in [1.165, 1.54) is 6.21 Å². The van der Waals surface area contributed by atoms with Crippen LogP contribution in [0.5, 0.6) is 11.5 Å². The van der Waals surface area contributed by atoms with E-state index in [1.807, 2.05) is 13.0 Å². The van der Waals surface area contributed by atoms with E-state index in [9.17, 15) is 14.4 Å². The van der Waals surface area contributed by atoms with Crippen LogP contribution in [0.4, 0.5) is 0 Å². The zero-order valence-corrected chi connectivity index (χ0v) is 20.6. The smallest absolute Gasteiger partial charge is 0.344 e. The van der Waals surface area contributed by atoms with Crippen LogP contribution in [0.3, 0.4) is 0 Å². The minimum atomic E-state index is -0.478. The van der Waals surface area contributed by atoms with Gasteiger partial charge in [-0.25, -0.2) is 10.2 Å². The quantitative estimate of drug-likeness (QED) is 0.173. The number of amides is 2. The number of hydrazone groups is 1. The molecule has 0 aliphatic heterocycles. The van der Waals surface area contributed by atoms with E-state index in [0.717, 1.165) is 6.42 Å². The molecule has 0 aromatic heterocycles. The Kier molecular flexibility index (Phi) is 9.56. The SMILES string of the molecule is CCCOc1ccc(C(=O)NCC(=O)N/N=C/c2ccc(OC(=O)c3ccccc3Br)cc2)cc1. The van der Waals surface area contributed by atoms with E-state index in [4.69, 9.17) is 9.47 Å². The second-order valence-electron chi connectivity index (χ2n) is 7.29. The van der Waals surface area contributed by atoms with Gasteiger partial charge in [-0.05, 0) is 88.6 Å². The standard InChI is InChI=1S/C26H24BrN3O5/c1-2-15-34-20-13-9-19(10-14-20)25(32)28-17-24(31)30-29-16-18-7-11-21(12-8-18)35-26(33)22-5-3-4-6-23(22)27/h3-14,16H,2,15,17H2,1H3,(H,28,32)(H,30,31)/b29-16+. The first-order valence-corrected chi connectivity index (χ1v) is 11.7. The molecule has 0 radical (unpaired) electrons. The number of benzene rings is 3. The Balaban J connectivity index is 1.42. The Morgan fingerprint density at radius 3 is 2.31 bits per heavy atom. The molecule has 0 atom stereocenters. The maximum atomic E-state index is 12.3. The van der Waals surface area contributed by atoms with Crippen LogP contribution in [0.2, 0.25) is 0 Å². The van der Waals surface area contributed by atoms with Crippen LogP contribution >= 0.6 is 15.9 Å². The van der Waals surface area contributed by atoms with Gasteiger partial charge < -0.3 is 14.8 Å². The molecule has 0 aliphatic carbocycles. The average molecular weight is 538 g/mol. The molecule has 0 aliphatic rings. The summed E-state index contributed by atoms with van der Waals surface area (Å²) in [6.45, 7) is 2.39. The third kappa shape index (κ3) is 8.08. The number of ether oxygens (including phenoxy) is 2. The number of nitrogens with zero attached hydrogens (tertiary/aromatic N) is 1. The minimum absolute atomic E-state index is 0.228. The second kappa shape index (κ2) is 13.0. The predicted octanol–water partition coefficient (Wildman–Crippen LogP) is 4.34. The van der Waals surface area contributed by atoms with Crippen LogP contribution in [0.25, 0.3) is 0 Å². The Morgan fingerprint density at radius 1 is 0.943 bits per heavy atom. The highest BCUT2D eigenvalue weighted by Gasteiger charge is 2.12. The number of carbonyl (C=O) groups is 3. The van der Waals surface area contributed by atoms with Crippen molar-refractivity contribution in [3.63, 3.8) is 0 Å². The van der Waals surface area contributed by atoms with Crippen LogP contribution in [0.1, 0.15) is 39.6 Å². The molecule has 0 unspecified atom stereocenters. The average Bonchev–Trinajstić information content (AvgIpc) is 2.87. The van der Waals surface area contributed by atoms with Gasteiger partial charge in [-0.3, -0.25) is 9.59 Å². The van der Waals surface area contributed by atoms with Gasteiger partial charge in [0.15, 0.2) is 0 Å². The van der Waals surface area contributed by atoms with Crippen LogP contribution in [0, 0.1) is 0 Å². The molecule has 180 valence electrons. The summed E-state index contributed by atoms with van der Waals surface area (Å²) in [5, 5.41) is 6.41. The molecule has 2 amide bonds. The third-order valence-corrected chi connectivity index (χ3v) is 5.28. The highest BCUT2D eigenvalue weighted by atomic mass is 79.9. The van der Waals surface area contributed by atoms with Gasteiger partial charge in [0.05, 0.1) is 24.9 Å². The van der Waals surface area contributed by atoms with Crippen LogP contribution in [-0.2, 0) is 4.79 Å². The van der Waals surface area contributed by atoms with Gasteiger partial charge in [0.25, 0.3) is 11.8 Å². The number of rotatable bonds is 10. The number of halogens is 1. The predicted molar refractivity (Wildman–Crippen MR) is 136 cm³/mol. The van der Waals surface area contributed by atoms with Crippen molar-refractivity contribution >= 4 is 39.9 Å². The fourth-order valence-electron chi connectivity index (χ4n) is 2.81. The summed E-state index contributed by atoms with van der Waals surface area (Å²) >= 11 is 3.32. The summed E-state index contributed by atoms with van der Waals surface area (Å²) in [5.74, 6) is -0.269. The van der Waals surface area contributed by atoms with Crippen molar-refractivity contribution in [1.82, 2.24) is 10.7 Å². The van der Waals surface area contributed by atoms with Gasteiger partial charge in [-0.2, -0.15) is 5.10 Å². The molecule has 2 N–H and O–H groups in total. The second-order valence-corrected chi connectivity index (χ2v) is 8.14. The Morgan fingerprint density at radius 2 is 1.63 bits per heavy atom. The zero-order valence-electron chi connectivity index (χ0n) is 19.0. The Labute approximate surface area is 211 Å². The number of nitrogens with one attached hydrogen (secondary N) is 2. The van der Waals surface area contributed by atoms with E-state index in [0.29, 0.717) is 39.3 Å². The molecule has 3 aromatic carbocycles. The Bertz CT molecular complexity index is 1190. The molecule has 0 bridgehead atoms. The molecule has 0 fully saturated rings. The summed E-state index contributed by atoms with van der Waals surface area (Å²) in [5.41, 5.74) is 3.87. The van der Waals surface area contributed by atoms with Crippen molar-refractivity contribution in [1.29, 1.82) is 0 Å². The highest BCUT2D eigenvalue weighted by molar-refractivity contribution is 9.10. The van der Waals surface area contributed by atoms with Crippen molar-refractivity contribution < 1.29 is 23.9 Å². The monoisotopic (exact) mass is 537 g/mol. The zero-order chi connectivity index (χ0) is 25.0. The number of carbonyl (C=O) groups excluding carboxylic acids is 3. The first-order chi connectivity index (χ1) is 17.0. The van der Waals surface area contributed by atoms with Crippen molar-refractivity contribution in [2.75, 3.05) is 13.2 Å². The molecular weight excluding hydrogens is 514 g/mol. The largest absolute Gasteiger partial charge is 0.494 e. The molecule has 0 spiro atoms. The first kappa shape index (κ1) is 25.6. The lowest BCUT2D eigenvalue weighted by molar-refractivity contribution is -0.120. The van der Waals surface area contributed by atoms with E-state index in [-0.39, 0.29) is 12.5 Å². The van der Waals surface area contributed by atoms with Crippen LogP contribution in [-0.4, -0.2) is 37.1 Å². The van der Waals surface area contributed by atoms with Crippen LogP contribution < -0.4 is 20.2 Å². The summed E-state index contributed by atoms with van der Waals surface area (Å²) in [7, 11) is 0. The van der Waals surface area contributed by atoms with E-state index in [2.05, 4.69) is 31.8 Å². The summed E-state index contributed by atoms with van der Waals surface area (Å²) in [6.07, 6.45) is 2.34. The fraction of sp³-hybridized carbons (Fsp3) is 0.154. The maximum Gasteiger partial charge on any atom is 0.344 e. The lowest BCUT2D eigenvalue weighted by Crippen LogP contribution is -2.34. The fourth-order valence-corrected chi connectivity index (χ4v) is 3.26. The van der Waals surface area contributed by atoms with Gasteiger partial charge in [0.1, 0.15) is 11.5 Å². The molecule has 3 rings (SSSR count). The minimum Gasteiger partial charge on any atom is -0.494 e. The van der Waals surface area contributed by atoms with Gasteiger partial charge in [-0.15, -0.1) is 0 Å². The molecule has 0 heterocycles. The van der Waals surface area contributed by atoms with Gasteiger partial charge in [-0.1, -0.05) is 19.1 Å². The van der Waals surface area contributed by atoms with E-state index < -0.39 is 11.9 Å². The van der Waals surface area contributed by atoms with Crippen molar-refractivity contribution in [2.45, 2.75) is 13.3 Å². The molecule has 8 nitrogen and oxygen atoms in total. The topological polar surface area (TPSA) is 106 Å². The number of hydrogen-bond donors (Lipinski definition) is 2. The number of hydrogen-bond acceptors (Lipinski definition) is 6. The van der Waals surface area contributed by atoms with Crippen molar-refractivity contribution in [3.8, 4) is 11.5 Å². The van der Waals surface area contributed by atoms with Gasteiger partial charge >= 0.3 is 5.97 Å². The summed E-state index contributed by atoms with van der Waals surface area (Å²) in [6, 6.07) is 20.3. The van der Waals surface area contributed by atoms with E-state index in [1.54, 1.807) is 66.7 Å². The third-order valence-electron chi connectivity index (χ3n) is 4.59. The van der Waals surface area contributed by atoms with Crippen molar-refractivity contribution in [3.05, 3.63) is 94.0 Å². The number of esters is 1. The Hall–Kier alpha value is -3.98. The van der Waals surface area contributed by atoms with Gasteiger partial charge in [0.2, 0.25) is 0 Å². The molecule has 3 aromatic rings. The maximum absolute atomic E-state index is 12.3. The highest BCUT2D eigenvalue weighted by Crippen LogP contribution is 2.19. The van der Waals surface area contributed by atoms with Gasteiger partial charge in [0, 0.05) is 10.0 Å². The molecule has 0 saturated carbocycles. The van der Waals surface area contributed by atoms with Crippen molar-refractivity contribution in [2.24, 2.45) is 5.10 Å². The lowest BCUT2D eigenvalue weighted by Gasteiger charge is -2.07. The normalized spacial score (nSPS) is 10.6. The molecular formula is C26H24BrN3O5. The molecule has 35 heavy (non-hydrogen) atoms. The lowest BCUT2D eigenvalue weighted by atomic mass is 10.2. The van der Waals surface area contributed by atoms with Crippen LogP contribution in [0.15, 0.2) is 82.4 Å².